The van der Waals surface area contributed by atoms with Gasteiger partial charge < -0.3 is 11.1 Å². The first-order valence-electron chi connectivity index (χ1n) is 7.79. The first-order chi connectivity index (χ1) is 10.2. The minimum absolute atomic E-state index is 0.0340. The molecule has 1 aromatic heterocycles. The largest absolute Gasteiger partial charge is 0.327 e. The lowest BCUT2D eigenvalue weighted by molar-refractivity contribution is -0.116. The molecule has 2 aliphatic rings. The number of nitrogens with zero attached hydrogens (tertiary/aromatic N) is 1. The van der Waals surface area contributed by atoms with Crippen molar-refractivity contribution in [1.82, 2.24) is 0 Å². The summed E-state index contributed by atoms with van der Waals surface area (Å²) in [5, 5.41) is 13.1. The van der Waals surface area contributed by atoms with Crippen LogP contribution in [0.5, 0.6) is 0 Å². The number of hydrogen-bond acceptors (Lipinski definition) is 4. The molecule has 1 amide bonds. The summed E-state index contributed by atoms with van der Waals surface area (Å²) in [6.07, 6.45) is 8.19. The van der Waals surface area contributed by atoms with Crippen molar-refractivity contribution >= 4 is 22.2 Å². The second kappa shape index (κ2) is 6.17. The molecule has 2 aliphatic carbocycles. The molecule has 0 aliphatic heterocycles. The number of thiophene rings is 1. The molecule has 112 valence electrons. The van der Waals surface area contributed by atoms with Crippen molar-refractivity contribution in [3.63, 3.8) is 0 Å². The fourth-order valence-electron chi connectivity index (χ4n) is 3.03. The van der Waals surface area contributed by atoms with E-state index >= 15 is 0 Å². The van der Waals surface area contributed by atoms with Crippen molar-refractivity contribution in [2.45, 2.75) is 57.4 Å². The number of aryl methyl sites for hydroxylation is 1. The van der Waals surface area contributed by atoms with Gasteiger partial charge in [-0.15, -0.1) is 11.3 Å². The van der Waals surface area contributed by atoms with Gasteiger partial charge in [-0.1, -0.05) is 6.42 Å². The van der Waals surface area contributed by atoms with E-state index in [2.05, 4.69) is 11.4 Å². The molecule has 0 saturated heterocycles. The van der Waals surface area contributed by atoms with Gasteiger partial charge in [0.2, 0.25) is 5.91 Å². The summed E-state index contributed by atoms with van der Waals surface area (Å²) < 4.78 is 0. The van der Waals surface area contributed by atoms with Crippen LogP contribution in [0.15, 0.2) is 0 Å². The van der Waals surface area contributed by atoms with Crippen LogP contribution >= 0.6 is 11.3 Å². The highest BCUT2D eigenvalue weighted by atomic mass is 32.1. The van der Waals surface area contributed by atoms with Crippen LogP contribution in [0.1, 0.15) is 54.5 Å². The smallest absolute Gasteiger partial charge is 0.226 e. The van der Waals surface area contributed by atoms with Crippen molar-refractivity contribution in [3.05, 3.63) is 16.0 Å². The van der Waals surface area contributed by atoms with Gasteiger partial charge in [0.25, 0.3) is 0 Å². The molecule has 3 N–H and O–H groups in total. The number of carbonyl (C=O) groups is 1. The number of nitriles is 1. The zero-order chi connectivity index (χ0) is 14.8. The second-order valence-electron chi connectivity index (χ2n) is 6.13. The van der Waals surface area contributed by atoms with Crippen LogP contribution in [0.3, 0.4) is 0 Å². The standard InChI is InChI=1S/C16H21N3OS/c17-9-12-11-4-2-1-3-5-14(11)21-16(12)19-15(20)8-13(18)10-6-7-10/h10,13H,1-8,18H2,(H,19,20). The van der Waals surface area contributed by atoms with E-state index in [-0.39, 0.29) is 11.9 Å². The van der Waals surface area contributed by atoms with E-state index in [1.54, 1.807) is 11.3 Å². The lowest BCUT2D eigenvalue weighted by Crippen LogP contribution is -2.28. The molecule has 1 atom stereocenters. The highest BCUT2D eigenvalue weighted by Crippen LogP contribution is 2.37. The number of nitrogens with two attached hydrogens (primary N) is 1. The summed E-state index contributed by atoms with van der Waals surface area (Å²) in [5.74, 6) is 0.466. The molecule has 1 aromatic rings. The highest BCUT2D eigenvalue weighted by Gasteiger charge is 2.30. The molecular formula is C16H21N3OS. The van der Waals surface area contributed by atoms with Gasteiger partial charge in [-0.05, 0) is 50.0 Å². The van der Waals surface area contributed by atoms with Gasteiger partial charge in [0.15, 0.2) is 0 Å². The molecule has 1 fully saturated rings. The lowest BCUT2D eigenvalue weighted by Gasteiger charge is -2.09. The molecule has 0 bridgehead atoms. The molecular weight excluding hydrogens is 282 g/mol. The Morgan fingerprint density at radius 3 is 2.86 bits per heavy atom. The van der Waals surface area contributed by atoms with Gasteiger partial charge in [-0.25, -0.2) is 0 Å². The van der Waals surface area contributed by atoms with Crippen LogP contribution in [0.2, 0.25) is 0 Å². The number of nitrogens with one attached hydrogen (secondary N) is 1. The van der Waals surface area contributed by atoms with Gasteiger partial charge >= 0.3 is 0 Å². The fraction of sp³-hybridized carbons (Fsp3) is 0.625. The van der Waals surface area contributed by atoms with Crippen LogP contribution in [0.25, 0.3) is 0 Å². The molecule has 5 heteroatoms. The van der Waals surface area contributed by atoms with E-state index in [1.807, 2.05) is 0 Å². The Morgan fingerprint density at radius 2 is 2.14 bits per heavy atom. The van der Waals surface area contributed by atoms with Crippen LogP contribution in [0.4, 0.5) is 5.00 Å². The summed E-state index contributed by atoms with van der Waals surface area (Å²) in [4.78, 5) is 13.4. The monoisotopic (exact) mass is 303 g/mol. The Labute approximate surface area is 129 Å². The SMILES string of the molecule is N#Cc1c(NC(=O)CC(N)C2CC2)sc2c1CCCCC2. The Bertz CT molecular complexity index is 583. The number of anilines is 1. The highest BCUT2D eigenvalue weighted by molar-refractivity contribution is 7.16. The van der Waals surface area contributed by atoms with Gasteiger partial charge in [-0.3, -0.25) is 4.79 Å². The first-order valence-corrected chi connectivity index (χ1v) is 8.60. The molecule has 1 saturated carbocycles. The Balaban J connectivity index is 1.72. The third-order valence-electron chi connectivity index (χ3n) is 4.43. The number of rotatable bonds is 4. The zero-order valence-corrected chi connectivity index (χ0v) is 13.0. The van der Waals surface area contributed by atoms with E-state index < -0.39 is 0 Å². The van der Waals surface area contributed by atoms with Crippen molar-refractivity contribution in [2.75, 3.05) is 5.32 Å². The van der Waals surface area contributed by atoms with Gasteiger partial charge in [0.1, 0.15) is 11.1 Å². The van der Waals surface area contributed by atoms with Gasteiger partial charge in [-0.2, -0.15) is 5.26 Å². The summed E-state index contributed by atoms with van der Waals surface area (Å²) in [5.41, 5.74) is 7.85. The van der Waals surface area contributed by atoms with E-state index in [4.69, 9.17) is 5.73 Å². The molecule has 4 nitrogen and oxygen atoms in total. The number of carbonyl (C=O) groups excluding carboxylic acids is 1. The van der Waals surface area contributed by atoms with Crippen molar-refractivity contribution in [2.24, 2.45) is 11.7 Å². The van der Waals surface area contributed by atoms with Crippen LogP contribution in [0, 0.1) is 17.2 Å². The van der Waals surface area contributed by atoms with Crippen LogP contribution < -0.4 is 11.1 Å². The molecule has 3 rings (SSSR count). The van der Waals surface area contributed by atoms with E-state index in [9.17, 15) is 10.1 Å². The second-order valence-corrected chi connectivity index (χ2v) is 7.24. The summed E-state index contributed by atoms with van der Waals surface area (Å²) in [7, 11) is 0. The molecule has 0 aromatic carbocycles. The van der Waals surface area contributed by atoms with Crippen LogP contribution in [-0.2, 0) is 17.6 Å². The maximum Gasteiger partial charge on any atom is 0.226 e. The quantitative estimate of drug-likeness (QED) is 0.839. The number of hydrogen-bond donors (Lipinski definition) is 2. The average Bonchev–Trinajstić information content (AvgIpc) is 3.25. The van der Waals surface area contributed by atoms with Gasteiger partial charge in [0.05, 0.1) is 5.56 Å². The van der Waals surface area contributed by atoms with Crippen molar-refractivity contribution in [1.29, 1.82) is 5.26 Å². The lowest BCUT2D eigenvalue weighted by atomic mass is 10.1. The molecule has 1 heterocycles. The minimum Gasteiger partial charge on any atom is -0.327 e. The summed E-state index contributed by atoms with van der Waals surface area (Å²) in [6, 6.07) is 2.26. The fourth-order valence-corrected chi connectivity index (χ4v) is 4.29. The zero-order valence-electron chi connectivity index (χ0n) is 12.2. The Morgan fingerprint density at radius 1 is 1.38 bits per heavy atom. The third kappa shape index (κ3) is 3.28. The van der Waals surface area contributed by atoms with Crippen molar-refractivity contribution in [3.8, 4) is 6.07 Å². The maximum absolute atomic E-state index is 12.1. The minimum atomic E-state index is -0.0534. The molecule has 21 heavy (non-hydrogen) atoms. The molecule has 0 radical (unpaired) electrons. The predicted octanol–water partition coefficient (Wildman–Crippen LogP) is 2.95. The maximum atomic E-state index is 12.1. The molecule has 0 spiro atoms. The van der Waals surface area contributed by atoms with Gasteiger partial charge in [0, 0.05) is 17.3 Å². The first kappa shape index (κ1) is 14.6. The van der Waals surface area contributed by atoms with E-state index in [1.165, 1.54) is 23.3 Å². The summed E-state index contributed by atoms with van der Waals surface area (Å²) in [6.45, 7) is 0. The number of fused-ring (bicyclic) bond motifs is 1. The Kier molecular flexibility index (Phi) is 4.27. The van der Waals surface area contributed by atoms with Crippen LogP contribution in [-0.4, -0.2) is 11.9 Å². The van der Waals surface area contributed by atoms with E-state index in [0.717, 1.165) is 37.1 Å². The van der Waals surface area contributed by atoms with Crippen molar-refractivity contribution < 1.29 is 4.79 Å². The topological polar surface area (TPSA) is 78.9 Å². The average molecular weight is 303 g/mol. The van der Waals surface area contributed by atoms with E-state index in [0.29, 0.717) is 17.9 Å². The number of amides is 1. The molecule has 1 unspecified atom stereocenters. The predicted molar refractivity (Wildman–Crippen MR) is 84.2 cm³/mol. The summed E-state index contributed by atoms with van der Waals surface area (Å²) >= 11 is 1.58. The third-order valence-corrected chi connectivity index (χ3v) is 5.64. The Hall–Kier alpha value is -1.38. The normalized spacial score (nSPS) is 19.2.